The Bertz CT molecular complexity index is 966. The second-order valence-electron chi connectivity index (χ2n) is 8.49. The van der Waals surface area contributed by atoms with Crippen molar-refractivity contribution < 1.29 is 4.79 Å². The number of hydrogen-bond donors (Lipinski definition) is 1. The first-order valence-electron chi connectivity index (χ1n) is 9.18. The maximum absolute atomic E-state index is 13.3. The summed E-state index contributed by atoms with van der Waals surface area (Å²) in [5, 5.41) is 1.30. The van der Waals surface area contributed by atoms with E-state index < -0.39 is 5.91 Å². The number of carbonyl (C=O) groups excluding carboxylic acids is 1. The lowest BCUT2D eigenvalue weighted by molar-refractivity contribution is -0.115. The van der Waals surface area contributed by atoms with Crippen molar-refractivity contribution in [2.24, 2.45) is 17.1 Å². The number of carbonyl (C=O) groups is 1. The molecule has 0 saturated carbocycles. The Hall–Kier alpha value is -1.60. The lowest BCUT2D eigenvalue weighted by atomic mass is 9.72. The molecular formula is C20H27N3O2S2. The Morgan fingerprint density at radius 1 is 1.44 bits per heavy atom. The van der Waals surface area contributed by atoms with Gasteiger partial charge in [-0.3, -0.25) is 14.2 Å². The third-order valence-corrected chi connectivity index (χ3v) is 7.28. The molecule has 0 fully saturated rings. The first-order chi connectivity index (χ1) is 12.6. The average molecular weight is 406 g/mol. The van der Waals surface area contributed by atoms with Crippen LogP contribution in [0.15, 0.2) is 22.1 Å². The molecule has 2 aromatic rings. The van der Waals surface area contributed by atoms with Crippen molar-refractivity contribution in [2.75, 3.05) is 5.75 Å². The van der Waals surface area contributed by atoms with Crippen molar-refractivity contribution in [1.82, 2.24) is 9.55 Å². The van der Waals surface area contributed by atoms with Crippen molar-refractivity contribution >= 4 is 39.2 Å². The maximum Gasteiger partial charge on any atom is 0.263 e. The summed E-state index contributed by atoms with van der Waals surface area (Å²) in [6.45, 7) is 13.1. The molecule has 0 radical (unpaired) electrons. The van der Waals surface area contributed by atoms with Crippen LogP contribution in [0.3, 0.4) is 0 Å². The lowest BCUT2D eigenvalue weighted by Gasteiger charge is -2.33. The highest BCUT2D eigenvalue weighted by molar-refractivity contribution is 7.99. The van der Waals surface area contributed by atoms with E-state index in [0.29, 0.717) is 17.6 Å². The van der Waals surface area contributed by atoms with Crippen LogP contribution in [0.4, 0.5) is 0 Å². The van der Waals surface area contributed by atoms with Gasteiger partial charge in [-0.1, -0.05) is 44.7 Å². The van der Waals surface area contributed by atoms with Gasteiger partial charge < -0.3 is 5.73 Å². The Kier molecular flexibility index (Phi) is 5.54. The summed E-state index contributed by atoms with van der Waals surface area (Å²) in [5.41, 5.74) is 7.56. The summed E-state index contributed by atoms with van der Waals surface area (Å²) in [7, 11) is 0. The van der Waals surface area contributed by atoms with Gasteiger partial charge in [0.15, 0.2) is 5.16 Å². The molecule has 27 heavy (non-hydrogen) atoms. The molecule has 3 rings (SSSR count). The van der Waals surface area contributed by atoms with Crippen molar-refractivity contribution in [3.05, 3.63) is 32.9 Å². The standard InChI is InChI=1S/C20H27N3O2S2/c1-11(2)9-23-18(25)16-13-7-6-12(20(3,4)5)8-14(13)27-17(16)22-19(23)26-10-15(21)24/h12H,1,6-10H2,2-5H3,(H2,21,24)/t12-/m1/s1. The number of fused-ring (bicyclic) bond motifs is 3. The highest BCUT2D eigenvalue weighted by Gasteiger charge is 2.32. The third-order valence-electron chi connectivity index (χ3n) is 5.13. The summed E-state index contributed by atoms with van der Waals surface area (Å²) in [4.78, 5) is 31.3. The van der Waals surface area contributed by atoms with Gasteiger partial charge in [-0.25, -0.2) is 4.98 Å². The summed E-state index contributed by atoms with van der Waals surface area (Å²) >= 11 is 2.85. The van der Waals surface area contributed by atoms with Gasteiger partial charge in [-0.15, -0.1) is 11.3 Å². The van der Waals surface area contributed by atoms with Gasteiger partial charge in [-0.2, -0.15) is 0 Å². The second-order valence-corrected chi connectivity index (χ2v) is 10.5. The minimum absolute atomic E-state index is 0.0262. The molecule has 0 spiro atoms. The molecule has 2 heterocycles. The number of aryl methyl sites for hydroxylation is 1. The monoisotopic (exact) mass is 405 g/mol. The first kappa shape index (κ1) is 20.1. The summed E-state index contributed by atoms with van der Waals surface area (Å²) in [6.07, 6.45) is 3.03. The molecule has 0 aromatic carbocycles. The zero-order valence-corrected chi connectivity index (χ0v) is 18.1. The molecule has 2 N–H and O–H groups in total. The zero-order valence-electron chi connectivity index (χ0n) is 16.4. The van der Waals surface area contributed by atoms with Crippen LogP contribution < -0.4 is 11.3 Å². The SMILES string of the molecule is C=C(C)Cn1c(SCC(N)=O)nc2sc3c(c2c1=O)CC[C@@H](C(C)(C)C)C3. The van der Waals surface area contributed by atoms with E-state index in [1.54, 1.807) is 15.9 Å². The van der Waals surface area contributed by atoms with Crippen molar-refractivity contribution in [1.29, 1.82) is 0 Å². The number of primary amides is 1. The summed E-state index contributed by atoms with van der Waals surface area (Å²) < 4.78 is 1.64. The lowest BCUT2D eigenvalue weighted by Crippen LogP contribution is -2.27. The van der Waals surface area contributed by atoms with Crippen LogP contribution in [0, 0.1) is 11.3 Å². The average Bonchev–Trinajstić information content (AvgIpc) is 2.92. The van der Waals surface area contributed by atoms with Crippen LogP contribution >= 0.6 is 23.1 Å². The Morgan fingerprint density at radius 2 is 2.15 bits per heavy atom. The number of aromatic nitrogens is 2. The zero-order chi connectivity index (χ0) is 19.9. The number of hydrogen-bond acceptors (Lipinski definition) is 5. The van der Waals surface area contributed by atoms with E-state index in [4.69, 9.17) is 10.7 Å². The van der Waals surface area contributed by atoms with Gasteiger partial charge in [0.05, 0.1) is 11.1 Å². The van der Waals surface area contributed by atoms with Gasteiger partial charge in [0.25, 0.3) is 5.56 Å². The second kappa shape index (κ2) is 7.43. The van der Waals surface area contributed by atoms with E-state index in [2.05, 4.69) is 27.4 Å². The topological polar surface area (TPSA) is 78.0 Å². The fourth-order valence-electron chi connectivity index (χ4n) is 3.63. The quantitative estimate of drug-likeness (QED) is 0.467. The molecule has 5 nitrogen and oxygen atoms in total. The van der Waals surface area contributed by atoms with E-state index in [1.165, 1.54) is 22.2 Å². The van der Waals surface area contributed by atoms with Crippen LogP contribution in [0.2, 0.25) is 0 Å². The molecule has 1 amide bonds. The molecule has 0 bridgehead atoms. The number of nitrogens with two attached hydrogens (primary N) is 1. The Labute approximate surface area is 168 Å². The highest BCUT2D eigenvalue weighted by atomic mass is 32.2. The van der Waals surface area contributed by atoms with Crippen molar-refractivity contribution in [2.45, 2.75) is 58.7 Å². The number of thiophene rings is 1. The highest BCUT2D eigenvalue weighted by Crippen LogP contribution is 2.42. The number of nitrogens with zero attached hydrogens (tertiary/aromatic N) is 2. The van der Waals surface area contributed by atoms with Crippen molar-refractivity contribution in [3.8, 4) is 0 Å². The van der Waals surface area contributed by atoms with E-state index in [0.717, 1.165) is 35.1 Å². The number of rotatable bonds is 5. The Balaban J connectivity index is 2.12. The smallest absolute Gasteiger partial charge is 0.263 e. The van der Waals surface area contributed by atoms with Crippen LogP contribution in [0.1, 0.15) is 44.6 Å². The van der Waals surface area contributed by atoms with E-state index in [1.807, 2.05) is 6.92 Å². The fourth-order valence-corrected chi connectivity index (χ4v) is 5.71. The van der Waals surface area contributed by atoms with Gasteiger partial charge >= 0.3 is 0 Å². The molecule has 0 unspecified atom stereocenters. The van der Waals surface area contributed by atoms with Gasteiger partial charge in [0.2, 0.25) is 5.91 Å². The molecule has 2 aromatic heterocycles. The molecular weight excluding hydrogens is 378 g/mol. The third kappa shape index (κ3) is 4.14. The van der Waals surface area contributed by atoms with Crippen LogP contribution in [0.25, 0.3) is 10.2 Å². The van der Waals surface area contributed by atoms with E-state index >= 15 is 0 Å². The summed E-state index contributed by atoms with van der Waals surface area (Å²) in [6, 6.07) is 0. The molecule has 7 heteroatoms. The fraction of sp³-hybridized carbons (Fsp3) is 0.550. The van der Waals surface area contributed by atoms with Crippen molar-refractivity contribution in [3.63, 3.8) is 0 Å². The minimum atomic E-state index is -0.422. The maximum atomic E-state index is 13.3. The minimum Gasteiger partial charge on any atom is -0.369 e. The molecule has 1 atom stereocenters. The van der Waals surface area contributed by atoms with E-state index in [9.17, 15) is 9.59 Å². The first-order valence-corrected chi connectivity index (χ1v) is 11.0. The molecule has 1 aliphatic carbocycles. The largest absolute Gasteiger partial charge is 0.369 e. The normalized spacial score (nSPS) is 17.1. The van der Waals surface area contributed by atoms with Gasteiger partial charge in [-0.05, 0) is 43.1 Å². The molecule has 0 saturated heterocycles. The number of amides is 1. The van der Waals surface area contributed by atoms with E-state index in [-0.39, 0.29) is 16.7 Å². The van der Waals surface area contributed by atoms with Crippen LogP contribution in [-0.4, -0.2) is 21.2 Å². The Morgan fingerprint density at radius 3 is 2.74 bits per heavy atom. The van der Waals surface area contributed by atoms with Crippen LogP contribution in [-0.2, 0) is 24.2 Å². The number of allylic oxidation sites excluding steroid dienone is 1. The van der Waals surface area contributed by atoms with Crippen LogP contribution in [0.5, 0.6) is 0 Å². The summed E-state index contributed by atoms with van der Waals surface area (Å²) in [5.74, 6) is 0.292. The molecule has 0 aliphatic heterocycles. The molecule has 146 valence electrons. The molecule has 1 aliphatic rings. The van der Waals surface area contributed by atoms with Gasteiger partial charge in [0.1, 0.15) is 4.83 Å². The predicted molar refractivity (Wildman–Crippen MR) is 114 cm³/mol. The predicted octanol–water partition coefficient (Wildman–Crippen LogP) is 3.76. The number of thioether (sulfide) groups is 1. The van der Waals surface area contributed by atoms with Gasteiger partial charge in [0, 0.05) is 11.4 Å².